The molecule has 2 rings (SSSR count). The van der Waals surface area contributed by atoms with E-state index in [1.165, 1.54) is 19.1 Å². The van der Waals surface area contributed by atoms with Gasteiger partial charge in [0, 0.05) is 24.6 Å². The van der Waals surface area contributed by atoms with Gasteiger partial charge in [0.25, 0.3) is 0 Å². The van der Waals surface area contributed by atoms with E-state index < -0.39 is 53.5 Å². The van der Waals surface area contributed by atoms with E-state index in [1.807, 2.05) is 26.0 Å². The smallest absolute Gasteiger partial charge is 0.408 e. The molecular formula is C32H45N5O7. The zero-order valence-corrected chi connectivity index (χ0v) is 26.3. The van der Waals surface area contributed by atoms with Crippen LogP contribution in [-0.4, -0.2) is 60.6 Å². The average Bonchev–Trinajstić information content (AvgIpc) is 3.36. The van der Waals surface area contributed by atoms with Gasteiger partial charge in [-0.2, -0.15) is 5.26 Å². The van der Waals surface area contributed by atoms with E-state index in [9.17, 15) is 24.0 Å². The van der Waals surface area contributed by atoms with Crippen molar-refractivity contribution in [2.24, 2.45) is 17.3 Å². The highest BCUT2D eigenvalue weighted by atomic mass is 16.6. The fraction of sp³-hybridized carbons (Fsp3) is 0.562. The maximum atomic E-state index is 13.6. The van der Waals surface area contributed by atoms with E-state index in [0.29, 0.717) is 13.0 Å². The minimum atomic E-state index is -1.39. The van der Waals surface area contributed by atoms with Gasteiger partial charge in [-0.05, 0) is 58.4 Å². The van der Waals surface area contributed by atoms with Crippen LogP contribution in [0.5, 0.6) is 0 Å². The van der Waals surface area contributed by atoms with Gasteiger partial charge in [-0.15, -0.1) is 0 Å². The second-order valence-electron chi connectivity index (χ2n) is 12.4. The lowest BCUT2D eigenvalue weighted by atomic mass is 9.96. The first-order valence-electron chi connectivity index (χ1n) is 14.8. The number of nitrogens with zero attached hydrogens (tertiary/aromatic N) is 1. The van der Waals surface area contributed by atoms with Gasteiger partial charge in [0.05, 0.1) is 11.5 Å². The van der Waals surface area contributed by atoms with Gasteiger partial charge >= 0.3 is 12.1 Å². The third-order valence-corrected chi connectivity index (χ3v) is 6.92. The summed E-state index contributed by atoms with van der Waals surface area (Å²) in [6, 6.07) is 7.82. The van der Waals surface area contributed by atoms with Crippen LogP contribution in [0.25, 0.3) is 0 Å². The van der Waals surface area contributed by atoms with Gasteiger partial charge in [-0.3, -0.25) is 19.2 Å². The van der Waals surface area contributed by atoms with Gasteiger partial charge < -0.3 is 30.7 Å². The SMILES string of the molecule is CC(C)C[C@H](NC(=O)[C@@H](NC(=O)OCc1ccccc1)C(C)OC(=O)C(C)(C)C)C(=O)N[C@H](/C=C/C#N)CC1CCNC1=O. The van der Waals surface area contributed by atoms with Crippen LogP contribution < -0.4 is 21.3 Å². The van der Waals surface area contributed by atoms with Crippen LogP contribution in [0.3, 0.4) is 0 Å². The van der Waals surface area contributed by atoms with Crippen LogP contribution >= 0.6 is 0 Å². The number of benzene rings is 1. The molecule has 0 aliphatic carbocycles. The highest BCUT2D eigenvalue weighted by Gasteiger charge is 2.36. The zero-order valence-electron chi connectivity index (χ0n) is 26.3. The number of nitriles is 1. The third-order valence-electron chi connectivity index (χ3n) is 6.92. The highest BCUT2D eigenvalue weighted by Crippen LogP contribution is 2.19. The van der Waals surface area contributed by atoms with Crippen molar-refractivity contribution in [1.82, 2.24) is 21.3 Å². The molecule has 0 spiro atoms. The molecule has 12 heteroatoms. The molecule has 1 aromatic rings. The summed E-state index contributed by atoms with van der Waals surface area (Å²) < 4.78 is 10.8. The molecule has 1 aliphatic heterocycles. The van der Waals surface area contributed by atoms with Gasteiger partial charge in [-0.25, -0.2) is 4.79 Å². The Morgan fingerprint density at radius 2 is 1.75 bits per heavy atom. The molecule has 1 saturated heterocycles. The Kier molecular flexibility index (Phi) is 13.9. The van der Waals surface area contributed by atoms with Crippen LogP contribution in [0.2, 0.25) is 0 Å². The van der Waals surface area contributed by atoms with E-state index in [-0.39, 0.29) is 37.2 Å². The average molecular weight is 612 g/mol. The van der Waals surface area contributed by atoms with Crippen molar-refractivity contribution >= 4 is 29.8 Å². The van der Waals surface area contributed by atoms with Gasteiger partial charge in [0.1, 0.15) is 24.8 Å². The van der Waals surface area contributed by atoms with E-state index in [4.69, 9.17) is 14.7 Å². The van der Waals surface area contributed by atoms with Crippen LogP contribution in [0, 0.1) is 28.6 Å². The number of allylic oxidation sites excluding steroid dienone is 1. The molecule has 240 valence electrons. The Bertz CT molecular complexity index is 1220. The Hall–Kier alpha value is -4.40. The summed E-state index contributed by atoms with van der Waals surface area (Å²) in [4.78, 5) is 64.6. The summed E-state index contributed by atoms with van der Waals surface area (Å²) in [5.41, 5.74) is -0.134. The molecule has 0 aromatic heterocycles. The summed E-state index contributed by atoms with van der Waals surface area (Å²) in [5, 5.41) is 19.8. The second kappa shape index (κ2) is 17.0. The summed E-state index contributed by atoms with van der Waals surface area (Å²) in [6.07, 6.45) is 1.87. The number of hydrogen-bond donors (Lipinski definition) is 4. The molecule has 4 amide bonds. The Morgan fingerprint density at radius 3 is 2.32 bits per heavy atom. The molecule has 44 heavy (non-hydrogen) atoms. The largest absolute Gasteiger partial charge is 0.460 e. The van der Waals surface area contributed by atoms with Crippen molar-refractivity contribution in [1.29, 1.82) is 5.26 Å². The molecule has 4 N–H and O–H groups in total. The standard InChI is InChI=1S/C32H45N5O7/c1-20(2)17-25(28(39)35-24(13-10-15-33)18-23-14-16-34-27(23)38)36-29(40)26(21(3)44-30(41)32(4,5)6)37-31(42)43-19-22-11-8-7-9-12-22/h7-13,20-21,23-26H,14,16-19H2,1-6H3,(H,34,38)(H,35,39)(H,36,40)(H,37,42)/b13-10+/t21?,23?,24-,25+,26+/m1/s1. The minimum Gasteiger partial charge on any atom is -0.460 e. The first kappa shape index (κ1) is 35.8. The number of esters is 1. The van der Waals surface area contributed by atoms with Crippen molar-refractivity contribution in [2.45, 2.75) is 91.6 Å². The lowest BCUT2D eigenvalue weighted by Crippen LogP contribution is -2.58. The number of carbonyl (C=O) groups is 5. The monoisotopic (exact) mass is 611 g/mol. The number of nitrogens with one attached hydrogen (secondary N) is 4. The Morgan fingerprint density at radius 1 is 1.07 bits per heavy atom. The topological polar surface area (TPSA) is 176 Å². The van der Waals surface area contributed by atoms with Crippen molar-refractivity contribution in [2.75, 3.05) is 6.54 Å². The molecule has 1 aromatic carbocycles. The fourth-order valence-corrected chi connectivity index (χ4v) is 4.47. The highest BCUT2D eigenvalue weighted by molar-refractivity contribution is 5.92. The van der Waals surface area contributed by atoms with Crippen molar-refractivity contribution in [3.63, 3.8) is 0 Å². The summed E-state index contributed by atoms with van der Waals surface area (Å²) in [7, 11) is 0. The van der Waals surface area contributed by atoms with Crippen LogP contribution in [0.1, 0.15) is 66.4 Å². The van der Waals surface area contributed by atoms with E-state index in [1.54, 1.807) is 45.0 Å². The van der Waals surface area contributed by atoms with Gasteiger partial charge in [0.15, 0.2) is 0 Å². The number of rotatable bonds is 14. The molecule has 2 unspecified atom stereocenters. The first-order valence-corrected chi connectivity index (χ1v) is 14.8. The van der Waals surface area contributed by atoms with Gasteiger partial charge in [0.2, 0.25) is 17.7 Å². The predicted octanol–water partition coefficient (Wildman–Crippen LogP) is 2.88. The molecule has 1 fully saturated rings. The van der Waals surface area contributed by atoms with E-state index >= 15 is 0 Å². The molecular weight excluding hydrogens is 566 g/mol. The van der Waals surface area contributed by atoms with Crippen molar-refractivity contribution < 1.29 is 33.4 Å². The predicted molar refractivity (Wildman–Crippen MR) is 162 cm³/mol. The number of amides is 4. The summed E-state index contributed by atoms with van der Waals surface area (Å²) in [6.45, 7) is 10.7. The zero-order chi connectivity index (χ0) is 32.9. The first-order chi connectivity index (χ1) is 20.7. The van der Waals surface area contributed by atoms with Crippen LogP contribution in [0.15, 0.2) is 42.5 Å². The quantitative estimate of drug-likeness (QED) is 0.183. The van der Waals surface area contributed by atoms with E-state index in [2.05, 4.69) is 21.3 Å². The van der Waals surface area contributed by atoms with Crippen LogP contribution in [-0.2, 0) is 35.3 Å². The molecule has 5 atom stereocenters. The lowest BCUT2D eigenvalue weighted by Gasteiger charge is -2.29. The normalized spacial score (nSPS) is 17.5. The third kappa shape index (κ3) is 12.1. The number of ether oxygens (including phenoxy) is 2. The minimum absolute atomic E-state index is 0.0156. The van der Waals surface area contributed by atoms with E-state index in [0.717, 1.165) is 5.56 Å². The Balaban J connectivity index is 2.23. The summed E-state index contributed by atoms with van der Waals surface area (Å²) in [5.74, 6) is -2.32. The van der Waals surface area contributed by atoms with Gasteiger partial charge in [-0.1, -0.05) is 50.3 Å². The molecule has 12 nitrogen and oxygen atoms in total. The molecule has 0 saturated carbocycles. The molecule has 1 heterocycles. The van der Waals surface area contributed by atoms with Crippen molar-refractivity contribution in [3.05, 3.63) is 48.0 Å². The summed E-state index contributed by atoms with van der Waals surface area (Å²) >= 11 is 0. The number of hydrogen-bond acceptors (Lipinski definition) is 8. The Labute approximate surface area is 259 Å². The van der Waals surface area contributed by atoms with Crippen molar-refractivity contribution in [3.8, 4) is 6.07 Å². The maximum absolute atomic E-state index is 13.6. The molecule has 0 radical (unpaired) electrons. The van der Waals surface area contributed by atoms with Crippen LogP contribution in [0.4, 0.5) is 4.79 Å². The number of alkyl carbamates (subject to hydrolysis) is 1. The number of carbonyl (C=O) groups excluding carboxylic acids is 5. The maximum Gasteiger partial charge on any atom is 0.408 e. The lowest BCUT2D eigenvalue weighted by molar-refractivity contribution is -0.160. The fourth-order valence-electron chi connectivity index (χ4n) is 4.47. The molecule has 0 bridgehead atoms. The second-order valence-corrected chi connectivity index (χ2v) is 12.4. The molecule has 1 aliphatic rings.